The van der Waals surface area contributed by atoms with E-state index in [1.54, 1.807) is 11.8 Å². The predicted octanol–water partition coefficient (Wildman–Crippen LogP) is -0.667. The Hall–Kier alpha value is -1.90. The van der Waals surface area contributed by atoms with Gasteiger partial charge in [0.25, 0.3) is 5.91 Å². The molecule has 0 aliphatic carbocycles. The molecule has 136 valence electrons. The molecule has 1 aliphatic rings. The molecule has 1 saturated heterocycles. The van der Waals surface area contributed by atoms with Crippen LogP contribution in [0, 0.1) is 24.2 Å². The first kappa shape index (κ1) is 19.4. The van der Waals surface area contributed by atoms with Crippen LogP contribution in [0.3, 0.4) is 0 Å². The van der Waals surface area contributed by atoms with E-state index in [4.69, 9.17) is 0 Å². The molecule has 1 aromatic carbocycles. The lowest BCUT2D eigenvalue weighted by atomic mass is 9.90. The van der Waals surface area contributed by atoms with E-state index in [2.05, 4.69) is 42.6 Å². The number of carbonyl (C=O) groups excluding carboxylic acids is 1. The lowest BCUT2D eigenvalue weighted by Gasteiger charge is -2.31. The fourth-order valence-electron chi connectivity index (χ4n) is 3.25. The van der Waals surface area contributed by atoms with E-state index < -0.39 is 5.54 Å². The fourth-order valence-corrected chi connectivity index (χ4v) is 3.25. The molecule has 0 spiro atoms. The molecule has 1 amide bonds. The highest BCUT2D eigenvalue weighted by Crippen LogP contribution is 2.14. The smallest absolute Gasteiger partial charge is 0.276 e. The molecule has 1 aliphatic heterocycles. The van der Waals surface area contributed by atoms with Gasteiger partial charge in [-0.25, -0.2) is 0 Å². The van der Waals surface area contributed by atoms with Crippen LogP contribution in [0.5, 0.6) is 0 Å². The summed E-state index contributed by atoms with van der Waals surface area (Å²) in [6, 6.07) is 10.8. The van der Waals surface area contributed by atoms with Crippen molar-refractivity contribution in [3.05, 3.63) is 35.4 Å². The lowest BCUT2D eigenvalue weighted by Crippen LogP contribution is -3.28. The molecule has 1 fully saturated rings. The average molecular weight is 345 g/mol. The van der Waals surface area contributed by atoms with Crippen molar-refractivity contribution in [2.24, 2.45) is 5.92 Å². The number of rotatable bonds is 6. The number of benzene rings is 1. The van der Waals surface area contributed by atoms with E-state index in [-0.39, 0.29) is 11.8 Å². The van der Waals surface area contributed by atoms with Crippen molar-refractivity contribution < 1.29 is 14.6 Å². The average Bonchev–Trinajstić information content (AvgIpc) is 2.58. The van der Waals surface area contributed by atoms with Crippen LogP contribution in [0.2, 0.25) is 0 Å². The maximum Gasteiger partial charge on any atom is 0.276 e. The van der Waals surface area contributed by atoms with Gasteiger partial charge in [-0.3, -0.25) is 4.79 Å². The molecule has 0 bridgehead atoms. The molecular formula is C20H32N4O+2. The summed E-state index contributed by atoms with van der Waals surface area (Å²) in [5, 5.41) is 12.3. The number of hydrogen-bond donors (Lipinski definition) is 3. The Labute approximate surface area is 151 Å². The van der Waals surface area contributed by atoms with E-state index in [0.29, 0.717) is 6.54 Å². The normalized spacial score (nSPS) is 22.9. The summed E-state index contributed by atoms with van der Waals surface area (Å²) in [6.07, 6.45) is 0. The maximum atomic E-state index is 12.3. The standard InChI is InChI=1S/C20H30N4O/c1-16(2)20(4,15-21)22-19(25)14-24-11-9-23(10-12-24)13-18-8-6-5-7-17(18)3/h5-8,16H,9-14H2,1-4H3,(H,22,25)/p+2/t20-/m0/s1. The van der Waals surface area contributed by atoms with E-state index in [1.807, 2.05) is 13.8 Å². The minimum atomic E-state index is -0.783. The molecule has 5 heteroatoms. The Bertz CT molecular complexity index is 629. The number of quaternary nitrogens is 2. The Morgan fingerprint density at radius 3 is 2.40 bits per heavy atom. The summed E-state index contributed by atoms with van der Waals surface area (Å²) in [5.74, 6) is 0.0713. The summed E-state index contributed by atoms with van der Waals surface area (Å²) < 4.78 is 0. The molecule has 1 atom stereocenters. The van der Waals surface area contributed by atoms with Gasteiger partial charge in [-0.1, -0.05) is 38.1 Å². The first-order valence-corrected chi connectivity index (χ1v) is 9.28. The quantitative estimate of drug-likeness (QED) is 0.641. The third-order valence-corrected chi connectivity index (χ3v) is 5.56. The van der Waals surface area contributed by atoms with Crippen molar-refractivity contribution in [1.82, 2.24) is 5.32 Å². The highest BCUT2D eigenvalue weighted by Gasteiger charge is 2.32. The highest BCUT2D eigenvalue weighted by atomic mass is 16.2. The molecule has 0 radical (unpaired) electrons. The van der Waals surface area contributed by atoms with Crippen LogP contribution in [0.15, 0.2) is 24.3 Å². The molecule has 0 saturated carbocycles. The van der Waals surface area contributed by atoms with Gasteiger partial charge < -0.3 is 15.1 Å². The number of hydrogen-bond acceptors (Lipinski definition) is 2. The molecule has 2 rings (SSSR count). The van der Waals surface area contributed by atoms with Gasteiger partial charge in [0.05, 0.1) is 6.07 Å². The number of nitrogens with zero attached hydrogens (tertiary/aromatic N) is 1. The van der Waals surface area contributed by atoms with Gasteiger partial charge in [0.1, 0.15) is 38.3 Å². The number of carbonyl (C=O) groups is 1. The number of aryl methyl sites for hydroxylation is 1. The van der Waals surface area contributed by atoms with Crippen molar-refractivity contribution in [2.75, 3.05) is 32.7 Å². The largest absolute Gasteiger partial charge is 0.333 e. The molecular weight excluding hydrogens is 312 g/mol. The molecule has 5 nitrogen and oxygen atoms in total. The third-order valence-electron chi connectivity index (χ3n) is 5.56. The maximum absolute atomic E-state index is 12.3. The van der Waals surface area contributed by atoms with Crippen molar-refractivity contribution in [2.45, 2.75) is 39.8 Å². The van der Waals surface area contributed by atoms with Crippen LogP contribution in [-0.2, 0) is 11.3 Å². The van der Waals surface area contributed by atoms with Crippen LogP contribution in [0.4, 0.5) is 0 Å². The van der Waals surface area contributed by atoms with Gasteiger partial charge in [-0.05, 0) is 25.3 Å². The Morgan fingerprint density at radius 2 is 1.84 bits per heavy atom. The van der Waals surface area contributed by atoms with Crippen LogP contribution in [0.25, 0.3) is 0 Å². The Morgan fingerprint density at radius 1 is 1.24 bits per heavy atom. The fraction of sp³-hybridized carbons (Fsp3) is 0.600. The van der Waals surface area contributed by atoms with E-state index in [1.165, 1.54) is 16.0 Å². The molecule has 1 aromatic rings. The topological polar surface area (TPSA) is 61.8 Å². The molecule has 1 heterocycles. The van der Waals surface area contributed by atoms with Crippen molar-refractivity contribution in [1.29, 1.82) is 5.26 Å². The summed E-state index contributed by atoms with van der Waals surface area (Å²) in [4.78, 5) is 15.2. The van der Waals surface area contributed by atoms with Crippen molar-refractivity contribution >= 4 is 5.91 Å². The van der Waals surface area contributed by atoms with Gasteiger partial charge in [-0.2, -0.15) is 5.26 Å². The lowest BCUT2D eigenvalue weighted by molar-refractivity contribution is -1.02. The molecule has 3 N–H and O–H groups in total. The van der Waals surface area contributed by atoms with Crippen LogP contribution >= 0.6 is 0 Å². The zero-order chi connectivity index (χ0) is 18.4. The highest BCUT2D eigenvalue weighted by molar-refractivity contribution is 5.78. The Balaban J connectivity index is 1.80. The summed E-state index contributed by atoms with van der Waals surface area (Å²) in [5.41, 5.74) is 1.99. The first-order chi connectivity index (χ1) is 11.8. The minimum absolute atomic E-state index is 0.0184. The minimum Gasteiger partial charge on any atom is -0.333 e. The molecule has 25 heavy (non-hydrogen) atoms. The van der Waals surface area contributed by atoms with Gasteiger partial charge >= 0.3 is 0 Å². The van der Waals surface area contributed by atoms with Crippen molar-refractivity contribution in [3.63, 3.8) is 0 Å². The second-order valence-corrected chi connectivity index (χ2v) is 7.80. The second-order valence-electron chi connectivity index (χ2n) is 7.80. The van der Waals surface area contributed by atoms with Gasteiger partial charge in [0, 0.05) is 5.56 Å². The Kier molecular flexibility index (Phi) is 6.57. The zero-order valence-electron chi connectivity index (χ0n) is 16.0. The van der Waals surface area contributed by atoms with E-state index in [0.717, 1.165) is 32.7 Å². The van der Waals surface area contributed by atoms with Gasteiger partial charge in [0.2, 0.25) is 0 Å². The van der Waals surface area contributed by atoms with Crippen LogP contribution in [0.1, 0.15) is 31.9 Å². The zero-order valence-corrected chi connectivity index (χ0v) is 16.0. The van der Waals surface area contributed by atoms with Crippen LogP contribution < -0.4 is 15.1 Å². The number of nitrogens with one attached hydrogen (secondary N) is 3. The number of nitriles is 1. The summed E-state index contributed by atoms with van der Waals surface area (Å²) in [6.45, 7) is 13.6. The van der Waals surface area contributed by atoms with E-state index in [9.17, 15) is 10.1 Å². The second kappa shape index (κ2) is 8.46. The SMILES string of the molecule is Cc1ccccc1C[NH+]1CC[NH+](CC(=O)N[C@@](C)(C#N)C(C)C)CC1. The summed E-state index contributed by atoms with van der Waals surface area (Å²) >= 11 is 0. The van der Waals surface area contributed by atoms with Gasteiger partial charge in [0.15, 0.2) is 6.54 Å². The van der Waals surface area contributed by atoms with Gasteiger partial charge in [-0.15, -0.1) is 0 Å². The predicted molar refractivity (Wildman–Crippen MR) is 98.1 cm³/mol. The van der Waals surface area contributed by atoms with Crippen LogP contribution in [-0.4, -0.2) is 44.2 Å². The summed E-state index contributed by atoms with van der Waals surface area (Å²) in [7, 11) is 0. The number of piperazine rings is 1. The van der Waals surface area contributed by atoms with E-state index >= 15 is 0 Å². The van der Waals surface area contributed by atoms with Crippen molar-refractivity contribution in [3.8, 4) is 6.07 Å². The monoisotopic (exact) mass is 344 g/mol. The number of amides is 1. The molecule has 0 aromatic heterocycles. The first-order valence-electron chi connectivity index (χ1n) is 9.28. The molecule has 0 unspecified atom stereocenters. The third kappa shape index (κ3) is 5.29.